The Morgan fingerprint density at radius 2 is 2.07 bits per heavy atom. The summed E-state index contributed by atoms with van der Waals surface area (Å²) in [5, 5.41) is 2.80. The van der Waals surface area contributed by atoms with E-state index in [-0.39, 0.29) is 12.3 Å². The molecule has 6 heteroatoms. The molecular formula is C9H17NO4S. The molecule has 0 radical (unpaired) electrons. The molecule has 0 saturated carbocycles. The van der Waals surface area contributed by atoms with Crippen LogP contribution in [0.2, 0.25) is 0 Å². The van der Waals surface area contributed by atoms with Crippen molar-refractivity contribution in [2.24, 2.45) is 0 Å². The number of nitrogens with one attached hydrogen (secondary N) is 1. The van der Waals surface area contributed by atoms with Gasteiger partial charge >= 0.3 is 5.97 Å². The van der Waals surface area contributed by atoms with Crippen LogP contribution < -0.4 is 5.32 Å². The molecule has 0 atom stereocenters. The number of esters is 1. The lowest BCUT2D eigenvalue weighted by Crippen LogP contribution is -2.26. The van der Waals surface area contributed by atoms with Crippen LogP contribution in [0.15, 0.2) is 12.2 Å². The second-order valence-electron chi connectivity index (χ2n) is 3.13. The third-order valence-electron chi connectivity index (χ3n) is 1.55. The largest absolute Gasteiger partial charge is 0.463 e. The van der Waals surface area contributed by atoms with E-state index in [4.69, 9.17) is 4.74 Å². The second kappa shape index (κ2) is 6.58. The van der Waals surface area contributed by atoms with Gasteiger partial charge in [0, 0.05) is 24.9 Å². The van der Waals surface area contributed by atoms with Gasteiger partial charge < -0.3 is 10.1 Å². The van der Waals surface area contributed by atoms with E-state index in [0.29, 0.717) is 18.7 Å². The summed E-state index contributed by atoms with van der Waals surface area (Å²) in [4.78, 5) is 11.1. The van der Waals surface area contributed by atoms with E-state index in [0.717, 1.165) is 6.26 Å². The molecule has 0 aromatic heterocycles. The van der Waals surface area contributed by atoms with Crippen LogP contribution in [0.5, 0.6) is 0 Å². The van der Waals surface area contributed by atoms with Crippen molar-refractivity contribution >= 4 is 15.8 Å². The van der Waals surface area contributed by atoms with Crippen LogP contribution in [-0.2, 0) is 19.4 Å². The molecule has 0 bridgehead atoms. The predicted octanol–water partition coefficient (Wildman–Crippen LogP) is -0.260. The first-order chi connectivity index (χ1) is 6.87. The van der Waals surface area contributed by atoms with Gasteiger partial charge in [-0.05, 0) is 6.92 Å². The van der Waals surface area contributed by atoms with Crippen molar-refractivity contribution in [2.75, 3.05) is 31.7 Å². The van der Waals surface area contributed by atoms with Crippen LogP contribution >= 0.6 is 0 Å². The minimum atomic E-state index is -2.96. The SMILES string of the molecule is C=C(CNCCS(C)(=O)=O)C(=O)OCC. The first kappa shape index (κ1) is 14.1. The molecule has 1 N–H and O–H groups in total. The average molecular weight is 235 g/mol. The lowest BCUT2D eigenvalue weighted by atomic mass is 10.3. The minimum Gasteiger partial charge on any atom is -0.463 e. The van der Waals surface area contributed by atoms with Crippen molar-refractivity contribution in [3.05, 3.63) is 12.2 Å². The van der Waals surface area contributed by atoms with Crippen LogP contribution in [0.25, 0.3) is 0 Å². The number of hydrogen-bond acceptors (Lipinski definition) is 5. The maximum atomic E-state index is 11.1. The first-order valence-corrected chi connectivity index (χ1v) is 6.66. The molecule has 0 rings (SSSR count). The summed E-state index contributed by atoms with van der Waals surface area (Å²) in [6.07, 6.45) is 1.16. The fraction of sp³-hybridized carbons (Fsp3) is 0.667. The van der Waals surface area contributed by atoms with Gasteiger partial charge in [-0.3, -0.25) is 0 Å². The van der Waals surface area contributed by atoms with Crippen LogP contribution in [0.4, 0.5) is 0 Å². The Hall–Kier alpha value is -0.880. The van der Waals surface area contributed by atoms with E-state index in [2.05, 4.69) is 11.9 Å². The number of hydrogen-bond donors (Lipinski definition) is 1. The topological polar surface area (TPSA) is 72.5 Å². The highest BCUT2D eigenvalue weighted by Gasteiger charge is 2.07. The molecule has 0 amide bonds. The Morgan fingerprint density at radius 3 is 2.53 bits per heavy atom. The van der Waals surface area contributed by atoms with Crippen LogP contribution in [0.1, 0.15) is 6.92 Å². The molecule has 0 aliphatic rings. The van der Waals surface area contributed by atoms with E-state index in [1.807, 2.05) is 0 Å². The molecule has 5 nitrogen and oxygen atoms in total. The molecule has 0 fully saturated rings. The van der Waals surface area contributed by atoms with Crippen molar-refractivity contribution in [1.82, 2.24) is 5.32 Å². The van der Waals surface area contributed by atoms with Gasteiger partial charge in [-0.25, -0.2) is 13.2 Å². The summed E-state index contributed by atoms with van der Waals surface area (Å²) in [7, 11) is -2.96. The highest BCUT2D eigenvalue weighted by atomic mass is 32.2. The highest BCUT2D eigenvalue weighted by Crippen LogP contribution is 1.92. The molecule has 0 aromatic rings. The lowest BCUT2D eigenvalue weighted by Gasteiger charge is -2.06. The number of sulfone groups is 1. The second-order valence-corrected chi connectivity index (χ2v) is 5.39. The van der Waals surface area contributed by atoms with E-state index in [1.54, 1.807) is 6.92 Å². The Bertz CT molecular complexity index is 321. The van der Waals surface area contributed by atoms with Crippen molar-refractivity contribution in [3.8, 4) is 0 Å². The third kappa shape index (κ3) is 8.14. The van der Waals surface area contributed by atoms with Gasteiger partial charge in [0.25, 0.3) is 0 Å². The van der Waals surface area contributed by atoms with Gasteiger partial charge in [-0.15, -0.1) is 0 Å². The number of rotatable bonds is 7. The summed E-state index contributed by atoms with van der Waals surface area (Å²) >= 11 is 0. The first-order valence-electron chi connectivity index (χ1n) is 4.60. The maximum Gasteiger partial charge on any atom is 0.334 e. The number of carbonyl (C=O) groups excluding carboxylic acids is 1. The van der Waals surface area contributed by atoms with E-state index in [9.17, 15) is 13.2 Å². The van der Waals surface area contributed by atoms with Crippen molar-refractivity contribution in [2.45, 2.75) is 6.92 Å². The molecule has 0 aliphatic heterocycles. The zero-order chi connectivity index (χ0) is 11.9. The Morgan fingerprint density at radius 1 is 1.47 bits per heavy atom. The van der Waals surface area contributed by atoms with Crippen LogP contribution in [-0.4, -0.2) is 46.1 Å². The molecule has 0 aromatic carbocycles. The lowest BCUT2D eigenvalue weighted by molar-refractivity contribution is -0.138. The van der Waals surface area contributed by atoms with Gasteiger partial charge in [0.15, 0.2) is 0 Å². The average Bonchev–Trinajstić information content (AvgIpc) is 2.11. The monoisotopic (exact) mass is 235 g/mol. The number of carbonyl (C=O) groups is 1. The van der Waals surface area contributed by atoms with E-state index in [1.165, 1.54) is 0 Å². The smallest absolute Gasteiger partial charge is 0.334 e. The normalized spacial score (nSPS) is 11.1. The Labute approximate surface area is 90.4 Å². The quantitative estimate of drug-likeness (QED) is 0.374. The standard InChI is InChI=1S/C9H17NO4S/c1-4-14-9(11)8(2)7-10-5-6-15(3,12)13/h10H,2,4-7H2,1,3H3. The zero-order valence-corrected chi connectivity index (χ0v) is 9.89. The molecule has 0 heterocycles. The summed E-state index contributed by atoms with van der Waals surface area (Å²) in [6.45, 7) is 6.09. The highest BCUT2D eigenvalue weighted by molar-refractivity contribution is 7.90. The zero-order valence-electron chi connectivity index (χ0n) is 9.08. The maximum absolute atomic E-state index is 11.1. The molecule has 0 saturated heterocycles. The van der Waals surface area contributed by atoms with Gasteiger partial charge in [0.05, 0.1) is 12.4 Å². The molecule has 15 heavy (non-hydrogen) atoms. The summed E-state index contributed by atoms with van der Waals surface area (Å²) in [5.41, 5.74) is 0.297. The Balaban J connectivity index is 3.69. The van der Waals surface area contributed by atoms with Crippen molar-refractivity contribution in [1.29, 1.82) is 0 Å². The third-order valence-corrected chi connectivity index (χ3v) is 2.50. The summed E-state index contributed by atoms with van der Waals surface area (Å²) < 4.78 is 26.2. The molecule has 88 valence electrons. The van der Waals surface area contributed by atoms with E-state index < -0.39 is 15.8 Å². The number of ether oxygens (including phenoxy) is 1. The predicted molar refractivity (Wildman–Crippen MR) is 58.4 cm³/mol. The Kier molecular flexibility index (Phi) is 6.19. The van der Waals surface area contributed by atoms with Crippen LogP contribution in [0.3, 0.4) is 0 Å². The van der Waals surface area contributed by atoms with Crippen molar-refractivity contribution in [3.63, 3.8) is 0 Å². The van der Waals surface area contributed by atoms with Gasteiger partial charge in [0.1, 0.15) is 9.84 Å². The van der Waals surface area contributed by atoms with Crippen LogP contribution in [0, 0.1) is 0 Å². The van der Waals surface area contributed by atoms with E-state index >= 15 is 0 Å². The molecule has 0 aliphatic carbocycles. The molecule has 0 unspecified atom stereocenters. The van der Waals surface area contributed by atoms with Gasteiger partial charge in [-0.2, -0.15) is 0 Å². The van der Waals surface area contributed by atoms with Gasteiger partial charge in [0.2, 0.25) is 0 Å². The molecular weight excluding hydrogens is 218 g/mol. The molecule has 0 spiro atoms. The van der Waals surface area contributed by atoms with Gasteiger partial charge in [-0.1, -0.05) is 6.58 Å². The van der Waals surface area contributed by atoms with Crippen molar-refractivity contribution < 1.29 is 17.9 Å². The summed E-state index contributed by atoms with van der Waals surface area (Å²) in [6, 6.07) is 0. The fourth-order valence-corrected chi connectivity index (χ4v) is 1.32. The fourth-order valence-electron chi connectivity index (χ4n) is 0.802. The minimum absolute atomic E-state index is 0.0447. The summed E-state index contributed by atoms with van der Waals surface area (Å²) in [5.74, 6) is -0.410.